The van der Waals surface area contributed by atoms with E-state index >= 15 is 13.2 Å². The largest absolute Gasteiger partial charge is 0.396 e. The molecule has 27 nitrogen and oxygen atoms in total. The van der Waals surface area contributed by atoms with E-state index in [0.29, 0.717) is 33.8 Å². The molecule has 12 heterocycles. The molecule has 0 spiro atoms. The number of nitrogens with zero attached hydrogens (tertiary/aromatic N) is 18. The molecule has 732 valence electrons. The van der Waals surface area contributed by atoms with Gasteiger partial charge in [0.1, 0.15) is 51.8 Å². The average Bonchev–Trinajstić information content (AvgIpc) is 0.725. The number of benzene rings is 3. The molecule has 3 aliphatic rings. The number of hydrogen-bond acceptors (Lipinski definition) is 21. The van der Waals surface area contributed by atoms with Gasteiger partial charge in [0.2, 0.25) is 17.7 Å². The van der Waals surface area contributed by atoms with Crippen molar-refractivity contribution >= 4 is 120 Å². The number of piperazine rings is 3. The topological polar surface area (TPSA) is 363 Å². The molecular weight excluding hydrogens is 1910 g/mol. The number of fused-ring (bicyclic) bond motifs is 3. The Morgan fingerprint density at radius 2 is 0.582 bits per heavy atom. The highest BCUT2D eigenvalue weighted by Gasteiger charge is 2.43. The van der Waals surface area contributed by atoms with Gasteiger partial charge in [-0.15, -0.1) is 0 Å². The number of nitrogen functional groups attached to an aromatic ring is 3. The predicted molar refractivity (Wildman–Crippen MR) is 515 cm³/mol. The molecule has 9 aromatic heterocycles. The molecule has 141 heavy (non-hydrogen) atoms. The van der Waals surface area contributed by atoms with Gasteiger partial charge in [-0.05, 0) is 151 Å². The van der Waals surface area contributed by atoms with E-state index in [0.717, 1.165) is 13.7 Å². The zero-order valence-electron chi connectivity index (χ0n) is 78.4. The van der Waals surface area contributed by atoms with Gasteiger partial charge in [0.25, 0.3) is 16.7 Å². The summed E-state index contributed by atoms with van der Waals surface area (Å²) < 4.78 is 179. The third-order valence-electron chi connectivity index (χ3n) is 25.0. The Balaban J connectivity index is 0.000000178. The van der Waals surface area contributed by atoms with Crippen molar-refractivity contribution in [2.24, 2.45) is 0 Å². The van der Waals surface area contributed by atoms with Crippen LogP contribution in [0.4, 0.5) is 86.8 Å². The molecule has 0 radical (unpaired) electrons. The van der Waals surface area contributed by atoms with E-state index in [1.165, 1.54) is 36.4 Å². The number of nitrogens with two attached hydrogens (primary N) is 3. The Hall–Kier alpha value is -14.9. The molecular formula is C99H90Cl3F12N21O6. The lowest BCUT2D eigenvalue weighted by molar-refractivity contribution is -0.131. The number of nitriles is 3. The van der Waals surface area contributed by atoms with E-state index < -0.39 is 137 Å². The zero-order chi connectivity index (χ0) is 104. The predicted octanol–water partition coefficient (Wildman–Crippen LogP) is 18.5. The SMILES string of the molecule is C=CC(=O)N1[C@H](C)CN(c2c(C#N)c(=O)n(-c3c(C)ccnc3C(C)C)c3nc(-c4c(N)c(F)c(F)c(F)c4F)c(Cl)cc23)C[C@@H]1C.C=CC(=O)N1[C@H](C)CN(c2c(C#N)c(=O)n(-c3c(C)ccnc3C(C)C)c3nc(-c4c(N)c(F)c(F)c(F)c4F)c(Cl)cc23)C[C@@H]1C.C=CC(=O)N1[C@H](C)CN(c2c(C#N)c(=O)n(-c3c(C)ccnc3C(C)C)c3nc(-c4c(N)c(F)c(F)c(F)c4F)c(Cl)cc23)C[C@@H]1C. The lowest BCUT2D eigenvalue weighted by Crippen LogP contribution is -2.58. The van der Waals surface area contributed by atoms with Crippen LogP contribution < -0.4 is 48.6 Å². The highest BCUT2D eigenvalue weighted by molar-refractivity contribution is 6.35. The molecule has 3 aromatic carbocycles. The second-order valence-electron chi connectivity index (χ2n) is 35.3. The minimum absolute atomic E-state index is 0.145. The number of rotatable bonds is 15. The first-order valence-corrected chi connectivity index (χ1v) is 45.0. The summed E-state index contributed by atoms with van der Waals surface area (Å²) in [7, 11) is 0. The standard InChI is InChI=1S/3C33H30ClF4N7O2/c3*1-7-21(46)44-16(5)12-43(13-17(44)6)31-18-10-20(34)29(22-23(35)24(36)25(37)26(38)27(22)40)42-32(18)45(33(47)19(31)11-39)30-15(4)8-9-41-28(30)14(2)3/h3*7-10,14,16-17H,1,12-13,40H2,2-6H3/t3*16-,17+. The van der Waals surface area contributed by atoms with Gasteiger partial charge in [0.15, 0.2) is 69.8 Å². The lowest BCUT2D eigenvalue weighted by atomic mass is 10.0. The monoisotopic (exact) mass is 2000 g/mol. The van der Waals surface area contributed by atoms with Crippen LogP contribution in [-0.2, 0) is 14.4 Å². The summed E-state index contributed by atoms with van der Waals surface area (Å²) in [4.78, 5) is 118. The van der Waals surface area contributed by atoms with Crippen molar-refractivity contribution in [1.82, 2.24) is 58.3 Å². The van der Waals surface area contributed by atoms with Crippen molar-refractivity contribution in [2.45, 2.75) is 158 Å². The normalized spacial score (nSPS) is 16.6. The number of carbonyl (C=O) groups excluding carboxylic acids is 3. The quantitative estimate of drug-likeness (QED) is 0.0282. The lowest BCUT2D eigenvalue weighted by Gasteiger charge is -2.45. The Kier molecular flexibility index (Phi) is 29.5. The zero-order valence-corrected chi connectivity index (χ0v) is 80.7. The third kappa shape index (κ3) is 17.7. The number of aromatic nitrogens is 9. The maximum Gasteiger partial charge on any atom is 0.276 e. The highest BCUT2D eigenvalue weighted by atomic mass is 35.5. The van der Waals surface area contributed by atoms with Crippen LogP contribution in [0.5, 0.6) is 0 Å². The van der Waals surface area contributed by atoms with E-state index in [9.17, 15) is 84.1 Å². The average molecular weight is 2000 g/mol. The number of anilines is 6. The number of carbonyl (C=O) groups is 3. The molecule has 3 fully saturated rings. The maximum absolute atomic E-state index is 15.3. The molecule has 0 saturated carbocycles. The van der Waals surface area contributed by atoms with Gasteiger partial charge in [-0.25, -0.2) is 67.6 Å². The fourth-order valence-corrected chi connectivity index (χ4v) is 19.6. The molecule has 3 aliphatic heterocycles. The Morgan fingerprint density at radius 3 is 0.773 bits per heavy atom. The molecule has 15 rings (SSSR count). The second-order valence-corrected chi connectivity index (χ2v) is 36.6. The van der Waals surface area contributed by atoms with Crippen molar-refractivity contribution in [3.63, 3.8) is 0 Å². The first-order chi connectivity index (χ1) is 66.5. The number of halogens is 15. The minimum Gasteiger partial charge on any atom is -0.396 e. The van der Waals surface area contributed by atoms with Gasteiger partial charge < -0.3 is 46.6 Å². The first-order valence-electron chi connectivity index (χ1n) is 43.9. The summed E-state index contributed by atoms with van der Waals surface area (Å²) in [5, 5.41) is 30.8. The van der Waals surface area contributed by atoms with Crippen LogP contribution in [0.3, 0.4) is 0 Å². The smallest absolute Gasteiger partial charge is 0.276 e. The van der Waals surface area contributed by atoms with Gasteiger partial charge in [0.05, 0.1) is 117 Å². The summed E-state index contributed by atoms with van der Waals surface area (Å²) in [5.74, 6) is -25.2. The van der Waals surface area contributed by atoms with Gasteiger partial charge in [-0.1, -0.05) is 96.1 Å². The molecule has 12 aromatic rings. The number of pyridine rings is 9. The molecule has 6 N–H and O–H groups in total. The van der Waals surface area contributed by atoms with Crippen LogP contribution in [0.1, 0.15) is 151 Å². The highest BCUT2D eigenvalue weighted by Crippen LogP contribution is 2.48. The molecule has 0 bridgehead atoms. The van der Waals surface area contributed by atoms with E-state index in [1.54, 1.807) is 129 Å². The van der Waals surface area contributed by atoms with Crippen molar-refractivity contribution in [1.29, 1.82) is 15.8 Å². The van der Waals surface area contributed by atoms with Crippen molar-refractivity contribution in [3.05, 3.63) is 259 Å². The summed E-state index contributed by atoms with van der Waals surface area (Å²) in [6.45, 7) is 38.9. The van der Waals surface area contributed by atoms with Gasteiger partial charge in [-0.2, -0.15) is 15.8 Å². The van der Waals surface area contributed by atoms with E-state index in [2.05, 4.69) is 49.6 Å². The molecule has 0 unspecified atom stereocenters. The molecule has 3 saturated heterocycles. The summed E-state index contributed by atoms with van der Waals surface area (Å²) in [5.41, 5.74) is 10.2. The van der Waals surface area contributed by atoms with Crippen LogP contribution in [0.15, 0.2) is 107 Å². The first kappa shape index (κ1) is 103. The van der Waals surface area contributed by atoms with Crippen LogP contribution in [0.25, 0.3) is 83.9 Å². The fraction of sp³-hybridized carbons (Fsp3) is 0.303. The summed E-state index contributed by atoms with van der Waals surface area (Å²) >= 11 is 19.9. The summed E-state index contributed by atoms with van der Waals surface area (Å²) in [6, 6.07) is 12.6. The summed E-state index contributed by atoms with van der Waals surface area (Å²) in [6.07, 6.45) is 8.30. The molecule has 42 heteroatoms. The van der Waals surface area contributed by atoms with Gasteiger partial charge in [-0.3, -0.25) is 57.4 Å². The number of hydrogen-bond donors (Lipinski definition) is 3. The second kappa shape index (κ2) is 40.1. The van der Waals surface area contributed by atoms with Crippen molar-refractivity contribution in [3.8, 4) is 69.0 Å². The Labute approximate surface area is 813 Å². The Morgan fingerprint density at radius 1 is 0.376 bits per heavy atom. The number of aryl methyl sites for hydroxylation is 3. The van der Waals surface area contributed by atoms with E-state index in [-0.39, 0.29) is 210 Å². The molecule has 3 amide bonds. The van der Waals surface area contributed by atoms with Crippen LogP contribution in [-0.4, -0.2) is 152 Å². The molecule has 0 aliphatic carbocycles. The van der Waals surface area contributed by atoms with Crippen LogP contribution in [0.2, 0.25) is 15.1 Å². The maximum atomic E-state index is 15.3. The third-order valence-corrected chi connectivity index (χ3v) is 25.8. The van der Waals surface area contributed by atoms with Gasteiger partial charge >= 0.3 is 0 Å². The van der Waals surface area contributed by atoms with Crippen LogP contribution in [0, 0.1) is 125 Å². The fourth-order valence-electron chi connectivity index (χ4n) is 18.9. The Bertz CT molecular complexity index is 6860. The number of amides is 3. The molecule has 6 atom stereocenters. The van der Waals surface area contributed by atoms with E-state index in [1.807, 2.05) is 59.8 Å². The van der Waals surface area contributed by atoms with E-state index in [4.69, 9.17) is 52.0 Å². The van der Waals surface area contributed by atoms with Gasteiger partial charge in [0, 0.05) is 110 Å². The minimum atomic E-state index is -2.12. The van der Waals surface area contributed by atoms with Crippen molar-refractivity contribution in [2.75, 3.05) is 71.2 Å². The van der Waals surface area contributed by atoms with Crippen LogP contribution >= 0.6 is 34.8 Å². The van der Waals surface area contributed by atoms with Crippen molar-refractivity contribution < 1.29 is 67.1 Å².